The number of ether oxygens (including phenoxy) is 1. The third-order valence-corrected chi connectivity index (χ3v) is 6.29. The maximum atomic E-state index is 12.9. The number of carboxylic acid groups (broad SMARTS) is 1. The first-order valence-corrected chi connectivity index (χ1v) is 13.2. The van der Waals surface area contributed by atoms with E-state index in [0.717, 1.165) is 22.2 Å². The third-order valence-electron chi connectivity index (χ3n) is 6.29. The standard InChI is InChI=1S/C30H32N6O6/c1-35(2)30(41)36(18-26-32-23-10-6-7-11-24(23)33-26)17-20-12-14-22(15-13-20)27(37)31-16-25(28(38)39)34-29(40)42-19-21-8-4-3-5-9-21/h3-15,25H,16-19H2,1-2H3,(H,31,37)(H,32,33)(H,34,40)(H,38,39)/t25-/m0/s1. The molecule has 0 bridgehead atoms. The van der Waals surface area contributed by atoms with E-state index < -0.39 is 24.0 Å². The summed E-state index contributed by atoms with van der Waals surface area (Å²) >= 11 is 0. The molecule has 1 aromatic heterocycles. The van der Waals surface area contributed by atoms with Crippen molar-refractivity contribution in [3.8, 4) is 0 Å². The van der Waals surface area contributed by atoms with Crippen LogP contribution in [0.3, 0.4) is 0 Å². The van der Waals surface area contributed by atoms with Gasteiger partial charge in [0.15, 0.2) is 0 Å². The van der Waals surface area contributed by atoms with E-state index in [1.165, 1.54) is 4.90 Å². The van der Waals surface area contributed by atoms with E-state index in [1.54, 1.807) is 67.5 Å². The molecule has 12 nitrogen and oxygen atoms in total. The summed E-state index contributed by atoms with van der Waals surface area (Å²) in [5, 5.41) is 14.3. The summed E-state index contributed by atoms with van der Waals surface area (Å²) in [6.45, 7) is 0.157. The largest absolute Gasteiger partial charge is 0.480 e. The summed E-state index contributed by atoms with van der Waals surface area (Å²) in [5.41, 5.74) is 3.51. The van der Waals surface area contributed by atoms with Gasteiger partial charge in [-0.1, -0.05) is 54.6 Å². The van der Waals surface area contributed by atoms with Crippen LogP contribution in [-0.2, 0) is 29.2 Å². The molecule has 1 heterocycles. The summed E-state index contributed by atoms with van der Waals surface area (Å²) in [6.07, 6.45) is -0.913. The number of carbonyl (C=O) groups is 4. The quantitative estimate of drug-likeness (QED) is 0.215. The van der Waals surface area contributed by atoms with Crippen molar-refractivity contribution in [2.24, 2.45) is 0 Å². The molecule has 1 atom stereocenters. The minimum atomic E-state index is -1.39. The van der Waals surface area contributed by atoms with Crippen molar-refractivity contribution in [1.82, 2.24) is 30.4 Å². The highest BCUT2D eigenvalue weighted by molar-refractivity contribution is 5.94. The summed E-state index contributed by atoms with van der Waals surface area (Å²) in [7, 11) is 3.34. The molecule has 3 aromatic carbocycles. The number of para-hydroxylation sites is 2. The van der Waals surface area contributed by atoms with Crippen LogP contribution >= 0.6 is 0 Å². The number of carbonyl (C=O) groups excluding carboxylic acids is 3. The number of amides is 4. The molecule has 42 heavy (non-hydrogen) atoms. The van der Waals surface area contributed by atoms with Gasteiger partial charge in [-0.05, 0) is 35.4 Å². The second-order valence-corrected chi connectivity index (χ2v) is 9.74. The fourth-order valence-corrected chi connectivity index (χ4v) is 4.12. The molecule has 12 heteroatoms. The van der Waals surface area contributed by atoms with Gasteiger partial charge >= 0.3 is 18.1 Å². The predicted octanol–water partition coefficient (Wildman–Crippen LogP) is 3.36. The first-order valence-electron chi connectivity index (χ1n) is 13.2. The van der Waals surface area contributed by atoms with Gasteiger partial charge in [0.2, 0.25) is 0 Å². The highest BCUT2D eigenvalue weighted by atomic mass is 16.5. The average molecular weight is 573 g/mol. The van der Waals surface area contributed by atoms with E-state index in [0.29, 0.717) is 5.82 Å². The number of fused-ring (bicyclic) bond motifs is 1. The van der Waals surface area contributed by atoms with E-state index in [4.69, 9.17) is 4.74 Å². The number of aliphatic carboxylic acids is 1. The Morgan fingerprint density at radius 3 is 2.26 bits per heavy atom. The number of hydrogen-bond donors (Lipinski definition) is 4. The van der Waals surface area contributed by atoms with Crippen molar-refractivity contribution >= 4 is 35.0 Å². The van der Waals surface area contributed by atoms with Crippen LogP contribution in [0, 0.1) is 0 Å². The molecule has 4 amide bonds. The molecular weight excluding hydrogens is 540 g/mol. The Bertz CT molecular complexity index is 1500. The molecule has 218 valence electrons. The summed E-state index contributed by atoms with van der Waals surface area (Å²) in [6, 6.07) is 21.6. The molecule has 4 N–H and O–H groups in total. The highest BCUT2D eigenvalue weighted by Gasteiger charge is 2.22. The van der Waals surface area contributed by atoms with Gasteiger partial charge in [-0.2, -0.15) is 0 Å². The van der Waals surface area contributed by atoms with Crippen molar-refractivity contribution in [3.05, 3.63) is 101 Å². The number of H-pyrrole nitrogens is 1. The second-order valence-electron chi connectivity index (χ2n) is 9.74. The number of alkyl carbamates (subject to hydrolysis) is 1. The molecule has 0 fully saturated rings. The fourth-order valence-electron chi connectivity index (χ4n) is 4.12. The van der Waals surface area contributed by atoms with E-state index in [1.807, 2.05) is 30.3 Å². The fraction of sp³-hybridized carbons (Fsp3) is 0.233. The van der Waals surface area contributed by atoms with Gasteiger partial charge in [-0.15, -0.1) is 0 Å². The molecule has 0 spiro atoms. The minimum absolute atomic E-state index is 0.0203. The Labute approximate surface area is 242 Å². The van der Waals surface area contributed by atoms with Crippen molar-refractivity contribution in [2.45, 2.75) is 25.7 Å². The number of aromatic nitrogens is 2. The highest BCUT2D eigenvalue weighted by Crippen LogP contribution is 2.15. The van der Waals surface area contributed by atoms with Crippen LogP contribution in [0.2, 0.25) is 0 Å². The van der Waals surface area contributed by atoms with Crippen LogP contribution in [0.25, 0.3) is 11.0 Å². The van der Waals surface area contributed by atoms with Gasteiger partial charge in [0.05, 0.1) is 17.6 Å². The van der Waals surface area contributed by atoms with Gasteiger partial charge in [-0.3, -0.25) is 4.79 Å². The molecular formula is C30H32N6O6. The monoisotopic (exact) mass is 572 g/mol. The molecule has 4 aromatic rings. The third kappa shape index (κ3) is 8.07. The number of carboxylic acids is 1. The van der Waals surface area contributed by atoms with Gasteiger partial charge in [0.1, 0.15) is 18.5 Å². The van der Waals surface area contributed by atoms with Crippen LogP contribution in [-0.4, -0.2) is 75.6 Å². The van der Waals surface area contributed by atoms with Crippen molar-refractivity contribution in [3.63, 3.8) is 0 Å². The maximum Gasteiger partial charge on any atom is 0.408 e. The van der Waals surface area contributed by atoms with Gasteiger partial charge in [0, 0.05) is 32.7 Å². The van der Waals surface area contributed by atoms with E-state index in [-0.39, 0.29) is 37.8 Å². The van der Waals surface area contributed by atoms with Gasteiger partial charge in [0.25, 0.3) is 5.91 Å². The molecule has 0 saturated carbocycles. The molecule has 0 aliphatic rings. The van der Waals surface area contributed by atoms with Crippen LogP contribution in [0.1, 0.15) is 27.3 Å². The SMILES string of the molecule is CN(C)C(=O)N(Cc1ccc(C(=O)NC[C@H](NC(=O)OCc2ccccc2)C(=O)O)cc1)Cc1nc2ccccc2[nH]1. The number of rotatable bonds is 11. The average Bonchev–Trinajstić information content (AvgIpc) is 3.40. The molecule has 0 radical (unpaired) electrons. The molecule has 0 aliphatic carbocycles. The van der Waals surface area contributed by atoms with Gasteiger partial charge < -0.3 is 35.3 Å². The Morgan fingerprint density at radius 2 is 1.60 bits per heavy atom. The lowest BCUT2D eigenvalue weighted by Crippen LogP contribution is -2.48. The number of imidazole rings is 1. The van der Waals surface area contributed by atoms with Crippen LogP contribution in [0.5, 0.6) is 0 Å². The number of benzene rings is 3. The van der Waals surface area contributed by atoms with E-state index in [9.17, 15) is 24.3 Å². The lowest BCUT2D eigenvalue weighted by atomic mass is 10.1. The second kappa shape index (κ2) is 13.8. The zero-order valence-corrected chi connectivity index (χ0v) is 23.2. The summed E-state index contributed by atoms with van der Waals surface area (Å²) in [5.74, 6) is -1.19. The lowest BCUT2D eigenvalue weighted by molar-refractivity contribution is -0.139. The molecule has 0 unspecified atom stereocenters. The minimum Gasteiger partial charge on any atom is -0.480 e. The first-order chi connectivity index (χ1) is 20.2. The lowest BCUT2D eigenvalue weighted by Gasteiger charge is -2.25. The van der Waals surface area contributed by atoms with Crippen LogP contribution in [0.4, 0.5) is 9.59 Å². The molecule has 0 saturated heterocycles. The molecule has 4 rings (SSSR count). The Balaban J connectivity index is 1.32. The van der Waals surface area contributed by atoms with Crippen LogP contribution < -0.4 is 10.6 Å². The summed E-state index contributed by atoms with van der Waals surface area (Å²) in [4.78, 5) is 60.2. The predicted molar refractivity (Wildman–Crippen MR) is 154 cm³/mol. The Kier molecular flexibility index (Phi) is 9.72. The number of nitrogens with one attached hydrogen (secondary N) is 3. The molecule has 0 aliphatic heterocycles. The normalized spacial score (nSPS) is 11.4. The zero-order valence-electron chi connectivity index (χ0n) is 23.2. The Morgan fingerprint density at radius 1 is 0.905 bits per heavy atom. The van der Waals surface area contributed by atoms with Crippen molar-refractivity contribution < 1.29 is 29.0 Å². The number of urea groups is 1. The van der Waals surface area contributed by atoms with E-state index >= 15 is 0 Å². The summed E-state index contributed by atoms with van der Waals surface area (Å²) < 4.78 is 5.07. The maximum absolute atomic E-state index is 12.9. The number of nitrogens with zero attached hydrogens (tertiary/aromatic N) is 3. The van der Waals surface area contributed by atoms with Crippen molar-refractivity contribution in [2.75, 3.05) is 20.6 Å². The topological polar surface area (TPSA) is 157 Å². The van der Waals surface area contributed by atoms with Crippen LogP contribution in [0.15, 0.2) is 78.9 Å². The van der Waals surface area contributed by atoms with E-state index in [2.05, 4.69) is 20.6 Å². The first kappa shape index (κ1) is 29.6. The zero-order chi connectivity index (χ0) is 30.1. The van der Waals surface area contributed by atoms with Gasteiger partial charge in [-0.25, -0.2) is 19.4 Å². The Hall–Kier alpha value is -5.39. The number of hydrogen-bond acceptors (Lipinski definition) is 6. The smallest absolute Gasteiger partial charge is 0.408 e. The van der Waals surface area contributed by atoms with Crippen molar-refractivity contribution in [1.29, 1.82) is 0 Å². The number of aromatic amines is 1.